The zero-order valence-electron chi connectivity index (χ0n) is 8.73. The van der Waals surface area contributed by atoms with Gasteiger partial charge in [-0.25, -0.2) is 0 Å². The van der Waals surface area contributed by atoms with E-state index in [2.05, 4.69) is 37.8 Å². The highest BCUT2D eigenvalue weighted by Gasteiger charge is 1.99. The van der Waals surface area contributed by atoms with E-state index in [-0.39, 0.29) is 0 Å². The number of hydrogen-bond donors (Lipinski definition) is 1. The van der Waals surface area contributed by atoms with Crippen molar-refractivity contribution in [2.75, 3.05) is 18.8 Å². The van der Waals surface area contributed by atoms with Crippen LogP contribution in [0.25, 0.3) is 0 Å². The quantitative estimate of drug-likeness (QED) is 0.589. The smallest absolute Gasteiger partial charge is 0.0144 e. The fraction of sp³-hybridized carbons (Fsp3) is 1.00. The fourth-order valence-corrected chi connectivity index (χ4v) is 2.05. The van der Waals surface area contributed by atoms with E-state index in [9.17, 15) is 0 Å². The Balaban J connectivity index is 3.02. The van der Waals surface area contributed by atoms with Gasteiger partial charge in [0.2, 0.25) is 0 Å². The third-order valence-electron chi connectivity index (χ3n) is 1.83. The molecule has 0 aliphatic rings. The molecule has 1 nitrogen and oxygen atoms in total. The minimum atomic E-state index is 0.779. The van der Waals surface area contributed by atoms with Crippen molar-refractivity contribution in [1.29, 1.82) is 0 Å². The Labute approximate surface area is 81.7 Å². The van der Waals surface area contributed by atoms with E-state index in [0.717, 1.165) is 18.3 Å². The summed E-state index contributed by atoms with van der Waals surface area (Å²) in [6, 6.07) is 0. The Morgan fingerprint density at radius 2 is 2.00 bits per heavy atom. The van der Waals surface area contributed by atoms with E-state index < -0.39 is 0 Å². The van der Waals surface area contributed by atoms with E-state index in [4.69, 9.17) is 0 Å². The summed E-state index contributed by atoms with van der Waals surface area (Å²) in [5.41, 5.74) is 0. The Kier molecular flexibility index (Phi) is 9.64. The number of thioether (sulfide) groups is 1. The predicted octanol–water partition coefficient (Wildman–Crippen LogP) is 2.91. The Morgan fingerprint density at radius 1 is 1.25 bits per heavy atom. The molecular weight excluding hydrogens is 166 g/mol. The van der Waals surface area contributed by atoms with Crippen molar-refractivity contribution in [2.24, 2.45) is 0 Å². The zero-order chi connectivity index (χ0) is 9.23. The normalized spacial score (nSPS) is 13.2. The van der Waals surface area contributed by atoms with Gasteiger partial charge in [-0.1, -0.05) is 33.6 Å². The van der Waals surface area contributed by atoms with Crippen LogP contribution in [0.15, 0.2) is 0 Å². The second kappa shape index (κ2) is 9.40. The molecule has 12 heavy (non-hydrogen) atoms. The molecule has 1 N–H and O–H groups in total. The molecule has 1 atom stereocenters. The van der Waals surface area contributed by atoms with Crippen molar-refractivity contribution in [1.82, 2.24) is 5.32 Å². The summed E-state index contributed by atoms with van der Waals surface area (Å²) >= 11 is 2.09. The Bertz CT molecular complexity index is 85.9. The monoisotopic (exact) mass is 189 g/mol. The average Bonchev–Trinajstić information content (AvgIpc) is 2.09. The van der Waals surface area contributed by atoms with Crippen LogP contribution in [0.2, 0.25) is 0 Å². The number of nitrogens with one attached hydrogen (secondary N) is 1. The van der Waals surface area contributed by atoms with Gasteiger partial charge in [0.25, 0.3) is 0 Å². The summed E-state index contributed by atoms with van der Waals surface area (Å²) in [6.45, 7) is 8.98. The van der Waals surface area contributed by atoms with Crippen LogP contribution in [0, 0.1) is 0 Å². The molecule has 0 bridgehead atoms. The average molecular weight is 189 g/mol. The molecule has 0 fully saturated rings. The van der Waals surface area contributed by atoms with Gasteiger partial charge >= 0.3 is 0 Å². The van der Waals surface area contributed by atoms with Crippen molar-refractivity contribution in [3.63, 3.8) is 0 Å². The lowest BCUT2D eigenvalue weighted by molar-refractivity contribution is 0.710. The Morgan fingerprint density at radius 3 is 2.58 bits per heavy atom. The van der Waals surface area contributed by atoms with Crippen molar-refractivity contribution >= 4 is 11.8 Å². The summed E-state index contributed by atoms with van der Waals surface area (Å²) in [5.74, 6) is 1.33. The van der Waals surface area contributed by atoms with Gasteiger partial charge in [0.1, 0.15) is 0 Å². The highest BCUT2D eigenvalue weighted by Crippen LogP contribution is 2.12. The number of hydrogen-bond acceptors (Lipinski definition) is 2. The van der Waals surface area contributed by atoms with E-state index in [1.165, 1.54) is 25.0 Å². The zero-order valence-corrected chi connectivity index (χ0v) is 9.54. The fourth-order valence-electron chi connectivity index (χ4n) is 1.04. The predicted molar refractivity (Wildman–Crippen MR) is 60.0 cm³/mol. The van der Waals surface area contributed by atoms with Gasteiger partial charge in [0.15, 0.2) is 0 Å². The molecule has 0 heterocycles. The van der Waals surface area contributed by atoms with Crippen LogP contribution >= 0.6 is 11.8 Å². The van der Waals surface area contributed by atoms with Crippen LogP contribution in [-0.2, 0) is 0 Å². The second-order valence-electron chi connectivity index (χ2n) is 3.20. The second-order valence-corrected chi connectivity index (χ2v) is 4.74. The minimum absolute atomic E-state index is 0.779. The maximum Gasteiger partial charge on any atom is 0.0144 e. The van der Waals surface area contributed by atoms with Gasteiger partial charge in [-0.2, -0.15) is 11.8 Å². The maximum atomic E-state index is 3.37. The van der Waals surface area contributed by atoms with Crippen LogP contribution in [0.4, 0.5) is 0 Å². The van der Waals surface area contributed by atoms with E-state index >= 15 is 0 Å². The first kappa shape index (κ1) is 12.3. The molecule has 0 aromatic heterocycles. The van der Waals surface area contributed by atoms with Gasteiger partial charge in [-0.05, 0) is 18.7 Å². The highest BCUT2D eigenvalue weighted by molar-refractivity contribution is 7.99. The summed E-state index contributed by atoms with van der Waals surface area (Å²) < 4.78 is 0. The van der Waals surface area contributed by atoms with Crippen molar-refractivity contribution < 1.29 is 0 Å². The van der Waals surface area contributed by atoms with Gasteiger partial charge in [0.05, 0.1) is 0 Å². The SMILES string of the molecule is CCCCCSC(C)CNCC. The highest BCUT2D eigenvalue weighted by atomic mass is 32.2. The molecule has 0 spiro atoms. The van der Waals surface area contributed by atoms with Crippen LogP contribution < -0.4 is 5.32 Å². The van der Waals surface area contributed by atoms with Gasteiger partial charge in [-0.3, -0.25) is 0 Å². The van der Waals surface area contributed by atoms with Gasteiger partial charge in [-0.15, -0.1) is 0 Å². The molecule has 0 aromatic carbocycles. The minimum Gasteiger partial charge on any atom is -0.316 e. The third-order valence-corrected chi connectivity index (χ3v) is 3.09. The first-order chi connectivity index (χ1) is 5.81. The molecule has 0 rings (SSSR count). The molecular formula is C10H23NS. The molecule has 0 aliphatic carbocycles. The lowest BCUT2D eigenvalue weighted by Gasteiger charge is -2.10. The Hall–Kier alpha value is 0.310. The summed E-state index contributed by atoms with van der Waals surface area (Å²) in [7, 11) is 0. The van der Waals surface area contributed by atoms with Gasteiger partial charge in [0, 0.05) is 11.8 Å². The van der Waals surface area contributed by atoms with Gasteiger partial charge < -0.3 is 5.32 Å². The van der Waals surface area contributed by atoms with Crippen molar-refractivity contribution in [2.45, 2.75) is 45.3 Å². The summed E-state index contributed by atoms with van der Waals surface area (Å²) in [4.78, 5) is 0. The molecule has 0 saturated heterocycles. The molecule has 74 valence electrons. The molecule has 0 aliphatic heterocycles. The van der Waals surface area contributed by atoms with Crippen LogP contribution in [0.5, 0.6) is 0 Å². The topological polar surface area (TPSA) is 12.0 Å². The lowest BCUT2D eigenvalue weighted by Crippen LogP contribution is -2.22. The summed E-state index contributed by atoms with van der Waals surface area (Å²) in [6.07, 6.45) is 4.11. The molecule has 1 unspecified atom stereocenters. The lowest BCUT2D eigenvalue weighted by atomic mass is 10.3. The molecule has 0 amide bonds. The first-order valence-electron chi connectivity index (χ1n) is 5.13. The van der Waals surface area contributed by atoms with E-state index in [1.54, 1.807) is 0 Å². The summed E-state index contributed by atoms with van der Waals surface area (Å²) in [5, 5.41) is 4.15. The number of rotatable bonds is 8. The van der Waals surface area contributed by atoms with E-state index in [0.29, 0.717) is 0 Å². The third kappa shape index (κ3) is 8.41. The van der Waals surface area contributed by atoms with Crippen molar-refractivity contribution in [3.8, 4) is 0 Å². The molecule has 0 aromatic rings. The van der Waals surface area contributed by atoms with Crippen LogP contribution in [-0.4, -0.2) is 24.1 Å². The molecule has 0 saturated carbocycles. The van der Waals surface area contributed by atoms with Crippen LogP contribution in [0.1, 0.15) is 40.0 Å². The maximum absolute atomic E-state index is 3.37. The van der Waals surface area contributed by atoms with Crippen molar-refractivity contribution in [3.05, 3.63) is 0 Å². The molecule has 0 radical (unpaired) electrons. The van der Waals surface area contributed by atoms with Crippen LogP contribution in [0.3, 0.4) is 0 Å². The van der Waals surface area contributed by atoms with E-state index in [1.807, 2.05) is 0 Å². The number of unbranched alkanes of at least 4 members (excludes halogenated alkanes) is 2. The first-order valence-corrected chi connectivity index (χ1v) is 6.18. The largest absolute Gasteiger partial charge is 0.316 e. The standard InChI is InChI=1S/C10H23NS/c1-4-6-7-8-12-10(3)9-11-5-2/h10-11H,4-9H2,1-3H3. The molecule has 2 heteroatoms.